The van der Waals surface area contributed by atoms with Crippen LogP contribution in [0.25, 0.3) is 0 Å². The normalized spacial score (nSPS) is 13.5. The van der Waals surface area contributed by atoms with Crippen molar-refractivity contribution in [2.75, 3.05) is 23.4 Å². The van der Waals surface area contributed by atoms with Crippen LogP contribution in [0.1, 0.15) is 22.3 Å². The summed E-state index contributed by atoms with van der Waals surface area (Å²) in [5, 5.41) is 5.70. The van der Waals surface area contributed by atoms with E-state index in [2.05, 4.69) is 10.6 Å². The zero-order valence-corrected chi connectivity index (χ0v) is 15.7. The van der Waals surface area contributed by atoms with Crippen LogP contribution < -0.4 is 10.6 Å². The molecule has 4 nitrogen and oxygen atoms in total. The molecule has 0 unspecified atom stereocenters. The number of rotatable bonds is 6. The lowest BCUT2D eigenvalue weighted by molar-refractivity contribution is -0.115. The van der Waals surface area contributed by atoms with E-state index in [1.165, 1.54) is 6.07 Å². The van der Waals surface area contributed by atoms with Crippen molar-refractivity contribution in [3.8, 4) is 0 Å². The number of halogens is 1. The number of hydrogen-bond acceptors (Lipinski definition) is 4. The molecule has 26 heavy (non-hydrogen) atoms. The van der Waals surface area contributed by atoms with E-state index >= 15 is 0 Å². The molecule has 0 saturated heterocycles. The summed E-state index contributed by atoms with van der Waals surface area (Å²) < 4.78 is 13.5. The average molecular weight is 391 g/mol. The summed E-state index contributed by atoms with van der Waals surface area (Å²) in [6, 6.07) is 12.1. The first-order chi connectivity index (χ1) is 12.6. The zero-order valence-electron chi connectivity index (χ0n) is 14.1. The van der Waals surface area contributed by atoms with Gasteiger partial charge in [0.25, 0.3) is 5.91 Å². The van der Waals surface area contributed by atoms with Crippen molar-refractivity contribution in [1.82, 2.24) is 5.32 Å². The summed E-state index contributed by atoms with van der Waals surface area (Å²) in [5.41, 5.74) is 1.88. The molecule has 0 atom stereocenters. The predicted octanol–water partition coefficient (Wildman–Crippen LogP) is 3.92. The highest BCUT2D eigenvalue weighted by molar-refractivity contribution is 7.99. The van der Waals surface area contributed by atoms with E-state index in [1.807, 2.05) is 12.1 Å². The third-order valence-electron chi connectivity index (χ3n) is 3.85. The van der Waals surface area contributed by atoms with Crippen LogP contribution in [-0.4, -0.2) is 29.9 Å². The topological polar surface area (TPSA) is 58.2 Å². The number of anilines is 1. The minimum atomic E-state index is -0.200. The smallest absolute Gasteiger partial charge is 0.251 e. The summed E-state index contributed by atoms with van der Waals surface area (Å²) in [6.07, 6.45) is 0.472. The lowest BCUT2D eigenvalue weighted by Gasteiger charge is -2.10. The number of nitrogens with one attached hydrogen (secondary N) is 2. The van der Waals surface area contributed by atoms with Crippen LogP contribution in [0.3, 0.4) is 0 Å². The van der Waals surface area contributed by atoms with Crippen LogP contribution in [0.15, 0.2) is 47.4 Å². The van der Waals surface area contributed by atoms with E-state index in [-0.39, 0.29) is 17.6 Å². The molecule has 0 bridgehead atoms. The van der Waals surface area contributed by atoms with Gasteiger partial charge in [-0.05, 0) is 29.8 Å². The van der Waals surface area contributed by atoms with Crippen LogP contribution in [0.5, 0.6) is 0 Å². The first kappa shape index (κ1) is 18.8. The maximum atomic E-state index is 13.5. The first-order valence-corrected chi connectivity index (χ1v) is 10.4. The van der Waals surface area contributed by atoms with Crippen molar-refractivity contribution in [2.45, 2.75) is 17.1 Å². The average Bonchev–Trinajstić information content (AvgIpc) is 2.82. The summed E-state index contributed by atoms with van der Waals surface area (Å²) in [5.74, 6) is 1.60. The minimum Gasteiger partial charge on any atom is -0.351 e. The Morgan fingerprint density at radius 1 is 1.27 bits per heavy atom. The number of amides is 2. The number of carbonyl (C=O) groups excluding carboxylic acids is 2. The Morgan fingerprint density at radius 3 is 2.96 bits per heavy atom. The number of fused-ring (bicyclic) bond motifs is 1. The number of hydrogen-bond donors (Lipinski definition) is 2. The second-order valence-electron chi connectivity index (χ2n) is 5.76. The largest absolute Gasteiger partial charge is 0.351 e. The first-order valence-electron chi connectivity index (χ1n) is 8.29. The minimum absolute atomic E-state index is 0.0293. The van der Waals surface area contributed by atoms with Crippen LogP contribution >= 0.6 is 23.5 Å². The van der Waals surface area contributed by atoms with E-state index < -0.39 is 0 Å². The van der Waals surface area contributed by atoms with Crippen molar-refractivity contribution in [1.29, 1.82) is 0 Å². The second-order valence-corrected chi connectivity index (χ2v) is 8.00. The second kappa shape index (κ2) is 9.09. The van der Waals surface area contributed by atoms with Crippen molar-refractivity contribution in [3.63, 3.8) is 0 Å². The molecule has 0 spiro atoms. The van der Waals surface area contributed by atoms with Gasteiger partial charge in [-0.1, -0.05) is 18.2 Å². The highest BCUT2D eigenvalue weighted by atomic mass is 32.2. The third kappa shape index (κ3) is 5.02. The molecular weight excluding hydrogens is 371 g/mol. The van der Waals surface area contributed by atoms with E-state index in [0.717, 1.165) is 10.6 Å². The number of carbonyl (C=O) groups is 2. The van der Waals surface area contributed by atoms with Crippen LogP contribution in [0.4, 0.5) is 10.1 Å². The Labute approximate surface area is 160 Å². The van der Waals surface area contributed by atoms with Crippen molar-refractivity contribution in [3.05, 3.63) is 59.4 Å². The highest BCUT2D eigenvalue weighted by Crippen LogP contribution is 2.31. The summed E-state index contributed by atoms with van der Waals surface area (Å²) in [6.45, 7) is 0.496. The van der Waals surface area contributed by atoms with Crippen LogP contribution in [-0.2, 0) is 10.5 Å². The standard InChI is InChI=1S/C19H19FN2O2S2/c20-15-4-2-1-3-14(15)12-25-10-8-21-19(24)13-5-6-17-16(11-13)22-18(23)7-9-26-17/h1-6,11H,7-10,12H2,(H,21,24)(H,22,23). The highest BCUT2D eigenvalue weighted by Gasteiger charge is 2.15. The lowest BCUT2D eigenvalue weighted by Crippen LogP contribution is -2.26. The SMILES string of the molecule is O=C1CCSc2ccc(C(=O)NCCSCc3ccccc3F)cc2N1. The van der Waals surface area contributed by atoms with Crippen LogP contribution in [0.2, 0.25) is 0 Å². The van der Waals surface area contributed by atoms with Gasteiger partial charge in [-0.25, -0.2) is 4.39 Å². The molecule has 0 aliphatic carbocycles. The fraction of sp³-hybridized carbons (Fsp3) is 0.263. The summed E-state index contributed by atoms with van der Waals surface area (Å²) in [4.78, 5) is 24.9. The molecule has 1 aliphatic heterocycles. The Balaban J connectivity index is 1.48. The van der Waals surface area contributed by atoms with Crippen LogP contribution in [0, 0.1) is 5.82 Å². The maximum Gasteiger partial charge on any atom is 0.251 e. The van der Waals surface area contributed by atoms with Crippen molar-refractivity contribution >= 4 is 41.0 Å². The summed E-state index contributed by atoms with van der Waals surface area (Å²) >= 11 is 3.18. The monoisotopic (exact) mass is 390 g/mol. The Kier molecular flexibility index (Phi) is 6.57. The molecule has 7 heteroatoms. The molecule has 2 aromatic rings. The van der Waals surface area contributed by atoms with E-state index in [1.54, 1.807) is 47.8 Å². The van der Waals surface area contributed by atoms with Gasteiger partial charge in [0, 0.05) is 40.7 Å². The maximum absolute atomic E-state index is 13.5. The molecule has 0 aromatic heterocycles. The van der Waals surface area contributed by atoms with Gasteiger partial charge in [-0.3, -0.25) is 9.59 Å². The molecule has 2 aromatic carbocycles. The van der Waals surface area contributed by atoms with Gasteiger partial charge in [0.2, 0.25) is 5.91 Å². The van der Waals surface area contributed by atoms with Gasteiger partial charge in [-0.2, -0.15) is 11.8 Å². The number of thioether (sulfide) groups is 2. The van der Waals surface area contributed by atoms with E-state index in [9.17, 15) is 14.0 Å². The van der Waals surface area contributed by atoms with Gasteiger partial charge in [0.15, 0.2) is 0 Å². The molecular formula is C19H19FN2O2S2. The van der Waals surface area contributed by atoms with Gasteiger partial charge in [0.1, 0.15) is 5.82 Å². The quantitative estimate of drug-likeness (QED) is 0.734. The van der Waals surface area contributed by atoms with Crippen molar-refractivity contribution in [2.24, 2.45) is 0 Å². The fourth-order valence-corrected chi connectivity index (χ4v) is 4.28. The molecule has 0 radical (unpaired) electrons. The van der Waals surface area contributed by atoms with Crippen molar-refractivity contribution < 1.29 is 14.0 Å². The van der Waals surface area contributed by atoms with Gasteiger partial charge >= 0.3 is 0 Å². The zero-order chi connectivity index (χ0) is 18.4. The molecule has 0 fully saturated rings. The van der Waals surface area contributed by atoms with E-state index in [0.29, 0.717) is 41.3 Å². The Hall–Kier alpha value is -1.99. The molecule has 2 N–H and O–H groups in total. The van der Waals surface area contributed by atoms with Gasteiger partial charge < -0.3 is 10.6 Å². The van der Waals surface area contributed by atoms with Gasteiger partial charge in [-0.15, -0.1) is 11.8 Å². The third-order valence-corrected chi connectivity index (χ3v) is 5.93. The molecule has 136 valence electrons. The molecule has 1 aliphatic rings. The molecule has 3 rings (SSSR count). The molecule has 2 amide bonds. The fourth-order valence-electron chi connectivity index (χ4n) is 2.50. The predicted molar refractivity (Wildman–Crippen MR) is 105 cm³/mol. The lowest BCUT2D eigenvalue weighted by atomic mass is 10.2. The molecule has 0 saturated carbocycles. The molecule has 1 heterocycles. The Bertz CT molecular complexity index is 814. The number of benzene rings is 2. The Morgan fingerprint density at radius 2 is 2.12 bits per heavy atom. The summed E-state index contributed by atoms with van der Waals surface area (Å²) in [7, 11) is 0. The van der Waals surface area contributed by atoms with E-state index in [4.69, 9.17) is 0 Å². The van der Waals surface area contributed by atoms with Gasteiger partial charge in [0.05, 0.1) is 5.69 Å².